The van der Waals surface area contributed by atoms with Gasteiger partial charge in [0.15, 0.2) is 0 Å². The fourth-order valence-electron chi connectivity index (χ4n) is 1.81. The third kappa shape index (κ3) is 4.72. The Morgan fingerprint density at radius 2 is 1.74 bits per heavy atom. The molecular formula is C15H9F3I2O3. The van der Waals surface area contributed by atoms with Gasteiger partial charge in [0.2, 0.25) is 0 Å². The molecule has 0 aromatic heterocycles. The minimum atomic E-state index is -4.40. The zero-order valence-corrected chi connectivity index (χ0v) is 15.6. The molecule has 0 amide bonds. The molecule has 0 fully saturated rings. The van der Waals surface area contributed by atoms with Crippen LogP contribution in [0.15, 0.2) is 36.4 Å². The summed E-state index contributed by atoms with van der Waals surface area (Å²) in [4.78, 5) is 11.0. The van der Waals surface area contributed by atoms with E-state index in [9.17, 15) is 18.0 Å². The van der Waals surface area contributed by atoms with E-state index in [1.54, 1.807) is 6.07 Å². The quantitative estimate of drug-likeness (QED) is 0.536. The molecule has 0 radical (unpaired) electrons. The number of hydrogen-bond acceptors (Lipinski definition) is 2. The van der Waals surface area contributed by atoms with Crippen LogP contribution in [-0.2, 0) is 12.8 Å². The Hall–Kier alpha value is -1.04. The van der Waals surface area contributed by atoms with E-state index in [4.69, 9.17) is 9.84 Å². The van der Waals surface area contributed by atoms with Crippen molar-refractivity contribution in [3.63, 3.8) is 0 Å². The molecule has 0 aliphatic heterocycles. The zero-order chi connectivity index (χ0) is 17.2. The van der Waals surface area contributed by atoms with Crippen LogP contribution in [0.2, 0.25) is 0 Å². The van der Waals surface area contributed by atoms with Crippen LogP contribution in [-0.4, -0.2) is 11.1 Å². The smallest absolute Gasteiger partial charge is 0.416 e. The molecule has 2 aromatic rings. The van der Waals surface area contributed by atoms with Gasteiger partial charge in [-0.25, -0.2) is 4.79 Å². The van der Waals surface area contributed by atoms with Gasteiger partial charge in [-0.2, -0.15) is 13.2 Å². The van der Waals surface area contributed by atoms with Crippen LogP contribution < -0.4 is 4.74 Å². The van der Waals surface area contributed by atoms with Crippen molar-refractivity contribution in [3.8, 4) is 5.75 Å². The van der Waals surface area contributed by atoms with Crippen molar-refractivity contribution in [2.24, 2.45) is 0 Å². The van der Waals surface area contributed by atoms with E-state index in [1.807, 2.05) is 45.2 Å². The van der Waals surface area contributed by atoms with Crippen LogP contribution >= 0.6 is 45.2 Å². The maximum Gasteiger partial charge on any atom is 0.416 e. The lowest BCUT2D eigenvalue weighted by Crippen LogP contribution is -2.07. The van der Waals surface area contributed by atoms with Crippen molar-refractivity contribution >= 4 is 51.2 Å². The molecule has 0 saturated heterocycles. The average Bonchev–Trinajstić information content (AvgIpc) is 2.45. The Balaban J connectivity index is 2.20. The number of rotatable bonds is 4. The van der Waals surface area contributed by atoms with Crippen molar-refractivity contribution < 1.29 is 27.8 Å². The molecule has 0 bridgehead atoms. The van der Waals surface area contributed by atoms with Gasteiger partial charge in [0.25, 0.3) is 0 Å². The summed E-state index contributed by atoms with van der Waals surface area (Å²) < 4.78 is 44.8. The highest BCUT2D eigenvalue weighted by Crippen LogP contribution is 2.31. The van der Waals surface area contributed by atoms with Gasteiger partial charge in [-0.15, -0.1) is 0 Å². The molecule has 0 atom stereocenters. The van der Waals surface area contributed by atoms with Gasteiger partial charge in [0, 0.05) is 0 Å². The van der Waals surface area contributed by atoms with Crippen molar-refractivity contribution in [2.75, 3.05) is 0 Å². The molecular weight excluding hydrogens is 539 g/mol. The number of benzene rings is 2. The van der Waals surface area contributed by atoms with E-state index in [0.29, 0.717) is 18.5 Å². The standard InChI is InChI=1S/C15H9F3I2O3/c16-15(17,18)10-3-1-2-8(4-10)7-23-13-11(19)5-9(14(21)22)6-12(13)20/h1-6H,7H2,(H,21,22). The average molecular weight is 548 g/mol. The molecule has 0 spiro atoms. The topological polar surface area (TPSA) is 46.5 Å². The lowest BCUT2D eigenvalue weighted by molar-refractivity contribution is -0.137. The zero-order valence-electron chi connectivity index (χ0n) is 11.3. The van der Waals surface area contributed by atoms with Gasteiger partial charge in [0.1, 0.15) is 12.4 Å². The fourth-order valence-corrected chi connectivity index (χ4v) is 3.89. The summed E-state index contributed by atoms with van der Waals surface area (Å²) in [5.74, 6) is -0.598. The molecule has 0 heterocycles. The van der Waals surface area contributed by atoms with E-state index in [2.05, 4.69) is 0 Å². The molecule has 23 heavy (non-hydrogen) atoms. The molecule has 8 heteroatoms. The second-order valence-electron chi connectivity index (χ2n) is 4.56. The van der Waals surface area contributed by atoms with Crippen molar-refractivity contribution in [1.29, 1.82) is 0 Å². The summed E-state index contributed by atoms with van der Waals surface area (Å²) in [7, 11) is 0. The minimum absolute atomic E-state index is 0.0393. The number of aromatic carboxylic acids is 1. The summed E-state index contributed by atoms with van der Waals surface area (Å²) in [6.07, 6.45) is -4.40. The van der Waals surface area contributed by atoms with Gasteiger partial charge in [-0.1, -0.05) is 12.1 Å². The van der Waals surface area contributed by atoms with Crippen molar-refractivity contribution in [3.05, 3.63) is 60.2 Å². The monoisotopic (exact) mass is 548 g/mol. The van der Waals surface area contributed by atoms with E-state index >= 15 is 0 Å². The first-order chi connectivity index (χ1) is 10.7. The highest BCUT2D eigenvalue weighted by molar-refractivity contribution is 14.1. The van der Waals surface area contributed by atoms with Gasteiger partial charge in [-0.3, -0.25) is 0 Å². The minimum Gasteiger partial charge on any atom is -0.487 e. The summed E-state index contributed by atoms with van der Waals surface area (Å²) in [6, 6.07) is 7.80. The second kappa shape index (κ2) is 7.24. The first-order valence-corrected chi connectivity index (χ1v) is 8.35. The fraction of sp³-hybridized carbons (Fsp3) is 0.133. The number of carboxylic acids is 1. The van der Waals surface area contributed by atoms with Gasteiger partial charge in [0.05, 0.1) is 18.3 Å². The molecule has 122 valence electrons. The summed E-state index contributed by atoms with van der Waals surface area (Å²) in [5.41, 5.74) is -0.219. The van der Waals surface area contributed by atoms with Crippen LogP contribution in [0.3, 0.4) is 0 Å². The molecule has 0 aliphatic carbocycles. The Labute approximate surface area is 157 Å². The number of alkyl halides is 3. The van der Waals surface area contributed by atoms with E-state index < -0.39 is 17.7 Å². The number of halogens is 5. The third-order valence-corrected chi connectivity index (χ3v) is 4.49. The SMILES string of the molecule is O=C(O)c1cc(I)c(OCc2cccc(C(F)(F)F)c2)c(I)c1. The van der Waals surface area contributed by atoms with Gasteiger partial charge >= 0.3 is 12.1 Å². The van der Waals surface area contributed by atoms with Crippen molar-refractivity contribution in [1.82, 2.24) is 0 Å². The molecule has 2 aromatic carbocycles. The van der Waals surface area contributed by atoms with Crippen LogP contribution in [0, 0.1) is 7.14 Å². The first-order valence-electron chi connectivity index (χ1n) is 6.20. The third-order valence-electron chi connectivity index (χ3n) is 2.88. The molecule has 0 aliphatic rings. The Morgan fingerprint density at radius 3 is 2.26 bits per heavy atom. The number of carbonyl (C=O) groups is 1. The van der Waals surface area contributed by atoms with Crippen LogP contribution in [0.5, 0.6) is 5.75 Å². The second-order valence-corrected chi connectivity index (χ2v) is 6.89. The largest absolute Gasteiger partial charge is 0.487 e. The summed E-state index contributed by atoms with van der Waals surface area (Å²) in [6.45, 7) is -0.0393. The van der Waals surface area contributed by atoms with Gasteiger partial charge in [-0.05, 0) is 75.0 Å². The molecule has 2 rings (SSSR count). The first kappa shape index (κ1) is 18.3. The summed E-state index contributed by atoms with van der Waals surface area (Å²) in [5, 5.41) is 8.99. The molecule has 1 N–H and O–H groups in total. The summed E-state index contributed by atoms with van der Waals surface area (Å²) >= 11 is 3.87. The van der Waals surface area contributed by atoms with E-state index in [1.165, 1.54) is 18.2 Å². The Bertz CT molecular complexity index is 722. The number of ether oxygens (including phenoxy) is 1. The van der Waals surface area contributed by atoms with Crippen LogP contribution in [0.1, 0.15) is 21.5 Å². The number of carboxylic acid groups (broad SMARTS) is 1. The normalized spacial score (nSPS) is 11.3. The Kier molecular flexibility index (Phi) is 5.76. The predicted octanol–water partition coefficient (Wildman–Crippen LogP) is 5.19. The van der Waals surface area contributed by atoms with Crippen LogP contribution in [0.4, 0.5) is 13.2 Å². The maximum absolute atomic E-state index is 12.7. The molecule has 0 unspecified atom stereocenters. The number of hydrogen-bond donors (Lipinski definition) is 1. The predicted molar refractivity (Wildman–Crippen MR) is 94.6 cm³/mol. The van der Waals surface area contributed by atoms with E-state index in [-0.39, 0.29) is 12.2 Å². The molecule has 0 saturated carbocycles. The maximum atomic E-state index is 12.7. The highest BCUT2D eigenvalue weighted by atomic mass is 127. The van der Waals surface area contributed by atoms with Crippen LogP contribution in [0.25, 0.3) is 0 Å². The highest BCUT2D eigenvalue weighted by Gasteiger charge is 2.30. The van der Waals surface area contributed by atoms with Gasteiger partial charge < -0.3 is 9.84 Å². The lowest BCUT2D eigenvalue weighted by Gasteiger charge is -2.13. The lowest BCUT2D eigenvalue weighted by atomic mass is 10.1. The Morgan fingerprint density at radius 1 is 1.13 bits per heavy atom. The molecule has 3 nitrogen and oxygen atoms in total. The van der Waals surface area contributed by atoms with Crippen molar-refractivity contribution in [2.45, 2.75) is 12.8 Å². The van der Waals surface area contributed by atoms with E-state index in [0.717, 1.165) is 12.1 Å².